The number of carboxylic acids is 1. The van der Waals surface area contributed by atoms with Gasteiger partial charge in [0.05, 0.1) is 17.0 Å². The molecule has 5 N–H and O–H groups in total. The predicted molar refractivity (Wildman–Crippen MR) is 112 cm³/mol. The Morgan fingerprint density at radius 2 is 1.67 bits per heavy atom. The first-order chi connectivity index (χ1) is 14.3. The number of amides is 1. The summed E-state index contributed by atoms with van der Waals surface area (Å²) >= 11 is 0. The van der Waals surface area contributed by atoms with Crippen molar-refractivity contribution in [2.45, 2.75) is 9.77 Å². The maximum atomic E-state index is 12.9. The summed E-state index contributed by atoms with van der Waals surface area (Å²) in [5.74, 6) is -2.34. The fraction of sp³-hybridized carbons (Fsp3) is 0.300. The van der Waals surface area contributed by atoms with Gasteiger partial charge in [0.2, 0.25) is 14.7 Å². The molecule has 1 fully saturated rings. The number of benzene rings is 2. The zero-order valence-electron chi connectivity index (χ0n) is 16.2. The number of carbonyl (C=O) groups is 2. The fourth-order valence-electron chi connectivity index (χ4n) is 3.25. The van der Waals surface area contributed by atoms with Gasteiger partial charge in [-0.1, -0.05) is 30.3 Å². The monoisotopic (exact) mass is 432 g/mol. The summed E-state index contributed by atoms with van der Waals surface area (Å²) in [7, 11) is -4.46. The average molecular weight is 433 g/mol. The lowest BCUT2D eigenvalue weighted by Crippen LogP contribution is -2.61. The third-order valence-corrected chi connectivity index (χ3v) is 7.18. The number of para-hydroxylation sites is 1. The van der Waals surface area contributed by atoms with E-state index in [2.05, 4.69) is 10.6 Å². The van der Waals surface area contributed by atoms with Crippen LogP contribution in [0.2, 0.25) is 0 Å². The standard InChI is InChI=1S/C20H24N4O5S/c21-20(19(26)27,30(28,29)15-6-2-1-3-7-15)14-23-18(25)16-8-4-5-9-17(16)24-12-10-22-11-13-24/h1-9,22H,10-14,21H2,(H,23,25)(H,26,27)/t20-/m0/s1. The summed E-state index contributed by atoms with van der Waals surface area (Å²) in [5, 5.41) is 15.2. The highest BCUT2D eigenvalue weighted by Crippen LogP contribution is 2.23. The van der Waals surface area contributed by atoms with Crippen LogP contribution in [0.5, 0.6) is 0 Å². The largest absolute Gasteiger partial charge is 0.479 e. The summed E-state index contributed by atoms with van der Waals surface area (Å²) in [4.78, 5) is 23.8. The third kappa shape index (κ3) is 4.16. The number of piperazine rings is 1. The fourth-order valence-corrected chi connectivity index (χ4v) is 4.68. The van der Waals surface area contributed by atoms with Gasteiger partial charge in [-0.05, 0) is 24.3 Å². The molecule has 0 bridgehead atoms. The molecule has 0 aromatic heterocycles. The molecule has 1 atom stereocenters. The molecule has 2 aromatic carbocycles. The van der Waals surface area contributed by atoms with Gasteiger partial charge in [0.1, 0.15) is 0 Å². The summed E-state index contributed by atoms with van der Waals surface area (Å²) in [6.45, 7) is 2.19. The minimum atomic E-state index is -4.46. The Bertz CT molecular complexity index is 1020. The van der Waals surface area contributed by atoms with E-state index in [0.717, 1.165) is 13.1 Å². The smallest absolute Gasteiger partial charge is 0.341 e. The molecule has 0 unspecified atom stereocenters. The molecule has 160 valence electrons. The number of nitrogens with one attached hydrogen (secondary N) is 2. The van der Waals surface area contributed by atoms with E-state index in [1.54, 1.807) is 30.3 Å². The lowest BCUT2D eigenvalue weighted by molar-refractivity contribution is -0.139. The molecular formula is C20H24N4O5S. The number of carbonyl (C=O) groups excluding carboxylic acids is 1. The second kappa shape index (κ2) is 8.82. The Hall–Kier alpha value is -2.95. The first kappa shape index (κ1) is 21.8. The van der Waals surface area contributed by atoms with Crippen molar-refractivity contribution in [1.82, 2.24) is 10.6 Å². The Labute approximate surface area is 174 Å². The van der Waals surface area contributed by atoms with Crippen molar-refractivity contribution in [3.63, 3.8) is 0 Å². The van der Waals surface area contributed by atoms with Crippen LogP contribution in [0.15, 0.2) is 59.5 Å². The lowest BCUT2D eigenvalue weighted by atomic mass is 10.1. The normalized spacial score (nSPS) is 16.5. The van der Waals surface area contributed by atoms with E-state index in [1.165, 1.54) is 24.3 Å². The molecule has 9 nitrogen and oxygen atoms in total. The number of sulfone groups is 1. The Morgan fingerprint density at radius 3 is 2.30 bits per heavy atom. The van der Waals surface area contributed by atoms with E-state index in [4.69, 9.17) is 5.73 Å². The molecule has 0 spiro atoms. The van der Waals surface area contributed by atoms with Gasteiger partial charge < -0.3 is 26.4 Å². The van der Waals surface area contributed by atoms with Crippen molar-refractivity contribution in [1.29, 1.82) is 0 Å². The number of hydrogen-bond acceptors (Lipinski definition) is 7. The number of nitrogens with zero attached hydrogens (tertiary/aromatic N) is 1. The summed E-state index contributed by atoms with van der Waals surface area (Å²) in [6.07, 6.45) is 0. The molecule has 1 saturated heterocycles. The number of aliphatic carboxylic acids is 1. The van der Waals surface area contributed by atoms with Gasteiger partial charge in [-0.15, -0.1) is 0 Å². The van der Waals surface area contributed by atoms with Gasteiger partial charge in [0.15, 0.2) is 0 Å². The summed E-state index contributed by atoms with van der Waals surface area (Å²) in [6, 6.07) is 14.0. The van der Waals surface area contributed by atoms with Crippen LogP contribution in [-0.4, -0.2) is 63.0 Å². The van der Waals surface area contributed by atoms with E-state index >= 15 is 0 Å². The Kier molecular flexibility index (Phi) is 6.40. The van der Waals surface area contributed by atoms with E-state index in [1.807, 2.05) is 4.90 Å². The zero-order chi connectivity index (χ0) is 21.8. The average Bonchev–Trinajstić information content (AvgIpc) is 2.78. The molecule has 1 aliphatic heterocycles. The van der Waals surface area contributed by atoms with Crippen LogP contribution in [0.25, 0.3) is 0 Å². The maximum Gasteiger partial charge on any atom is 0.341 e. The van der Waals surface area contributed by atoms with Crippen LogP contribution >= 0.6 is 0 Å². The maximum absolute atomic E-state index is 12.9. The predicted octanol–water partition coefficient (Wildman–Crippen LogP) is 0.0395. The second-order valence-electron chi connectivity index (χ2n) is 6.95. The molecule has 1 heterocycles. The van der Waals surface area contributed by atoms with Gasteiger partial charge in [0.25, 0.3) is 5.91 Å². The van der Waals surface area contributed by atoms with Gasteiger partial charge >= 0.3 is 5.97 Å². The van der Waals surface area contributed by atoms with Crippen LogP contribution in [0.4, 0.5) is 5.69 Å². The molecule has 0 saturated carbocycles. The van der Waals surface area contributed by atoms with Crippen molar-refractivity contribution in [3.8, 4) is 0 Å². The molecular weight excluding hydrogens is 408 g/mol. The summed E-state index contributed by atoms with van der Waals surface area (Å²) in [5.41, 5.74) is 6.86. The SMILES string of the molecule is N[C@](CNC(=O)c1ccccc1N1CCNCC1)(C(=O)O)S(=O)(=O)c1ccccc1. The zero-order valence-corrected chi connectivity index (χ0v) is 17.1. The molecule has 2 aromatic rings. The van der Waals surface area contributed by atoms with Gasteiger partial charge in [-0.3, -0.25) is 4.79 Å². The first-order valence-corrected chi connectivity index (χ1v) is 10.9. The molecule has 3 rings (SSSR count). The first-order valence-electron chi connectivity index (χ1n) is 9.42. The van der Waals surface area contributed by atoms with Crippen LogP contribution in [0.3, 0.4) is 0 Å². The van der Waals surface area contributed by atoms with E-state index in [0.29, 0.717) is 24.3 Å². The highest BCUT2D eigenvalue weighted by atomic mass is 32.2. The van der Waals surface area contributed by atoms with E-state index < -0.39 is 33.1 Å². The van der Waals surface area contributed by atoms with Crippen LogP contribution in [0, 0.1) is 0 Å². The van der Waals surface area contributed by atoms with Gasteiger partial charge in [-0.2, -0.15) is 0 Å². The van der Waals surface area contributed by atoms with E-state index in [9.17, 15) is 23.1 Å². The number of anilines is 1. The van der Waals surface area contributed by atoms with Gasteiger partial charge in [0, 0.05) is 31.9 Å². The number of carboxylic acid groups (broad SMARTS) is 1. The van der Waals surface area contributed by atoms with Gasteiger partial charge in [-0.25, -0.2) is 13.2 Å². The van der Waals surface area contributed by atoms with Crippen molar-refractivity contribution in [2.75, 3.05) is 37.6 Å². The molecule has 30 heavy (non-hydrogen) atoms. The van der Waals surface area contributed by atoms with Crippen molar-refractivity contribution < 1.29 is 23.1 Å². The number of hydrogen-bond donors (Lipinski definition) is 4. The topological polar surface area (TPSA) is 142 Å². The van der Waals surface area contributed by atoms with Crippen molar-refractivity contribution in [2.24, 2.45) is 5.73 Å². The number of rotatable bonds is 7. The second-order valence-corrected chi connectivity index (χ2v) is 9.15. The molecule has 1 amide bonds. The molecule has 10 heteroatoms. The third-order valence-electron chi connectivity index (χ3n) is 5.01. The highest BCUT2D eigenvalue weighted by molar-refractivity contribution is 7.93. The molecule has 0 aliphatic carbocycles. The molecule has 1 aliphatic rings. The Morgan fingerprint density at radius 1 is 1.07 bits per heavy atom. The minimum absolute atomic E-state index is 0.231. The van der Waals surface area contributed by atoms with Crippen LogP contribution in [-0.2, 0) is 14.6 Å². The van der Waals surface area contributed by atoms with Crippen molar-refractivity contribution >= 4 is 27.4 Å². The van der Waals surface area contributed by atoms with Crippen LogP contribution in [0.1, 0.15) is 10.4 Å². The highest BCUT2D eigenvalue weighted by Gasteiger charge is 2.49. The number of nitrogens with two attached hydrogens (primary N) is 1. The molecule has 0 radical (unpaired) electrons. The Balaban J connectivity index is 1.84. The van der Waals surface area contributed by atoms with E-state index in [-0.39, 0.29) is 4.90 Å². The van der Waals surface area contributed by atoms with Crippen molar-refractivity contribution in [3.05, 3.63) is 60.2 Å². The minimum Gasteiger partial charge on any atom is -0.479 e. The lowest BCUT2D eigenvalue weighted by Gasteiger charge is -2.31. The quantitative estimate of drug-likeness (QED) is 0.480. The summed E-state index contributed by atoms with van der Waals surface area (Å²) < 4.78 is 25.8. The van der Waals surface area contributed by atoms with Crippen LogP contribution < -0.4 is 21.3 Å².